The fourth-order valence-corrected chi connectivity index (χ4v) is 3.15. The second-order valence-electron chi connectivity index (χ2n) is 6.76. The average Bonchev–Trinajstić information content (AvgIpc) is 2.80. The Morgan fingerprint density at radius 3 is 1.86 bits per heavy atom. The van der Waals surface area contributed by atoms with Gasteiger partial charge in [0.05, 0.1) is 5.71 Å². The molecule has 0 aromatic heterocycles. The van der Waals surface area contributed by atoms with Crippen LogP contribution in [0.4, 0.5) is 0 Å². The van der Waals surface area contributed by atoms with Gasteiger partial charge >= 0.3 is 0 Å². The van der Waals surface area contributed by atoms with E-state index in [1.54, 1.807) is 12.1 Å². The Morgan fingerprint density at radius 2 is 1.17 bits per heavy atom. The van der Waals surface area contributed by atoms with E-state index < -0.39 is 0 Å². The first kappa shape index (κ1) is 18.5. The summed E-state index contributed by atoms with van der Waals surface area (Å²) in [6.45, 7) is 1.91. The van der Waals surface area contributed by atoms with Crippen molar-refractivity contribution in [3.05, 3.63) is 120 Å². The van der Waals surface area contributed by atoms with E-state index in [2.05, 4.69) is 34.5 Å². The lowest BCUT2D eigenvalue weighted by Gasteiger charge is -2.06. The highest BCUT2D eigenvalue weighted by molar-refractivity contribution is 6.51. The van der Waals surface area contributed by atoms with E-state index in [0.29, 0.717) is 11.3 Å². The molecule has 3 nitrogen and oxygen atoms in total. The smallest absolute Gasteiger partial charge is 0.213 e. The Bertz CT molecular complexity index is 1210. The molecule has 3 heteroatoms. The standard InChI is InChI=1S/C26H20N2O/c1-19(23-17-16-20-10-8-9-15-24(20)18-23)27-28-25(21-11-4-2-5-12-21)26(29)22-13-6-3-7-14-22/h2-18H,1H3. The Morgan fingerprint density at radius 1 is 0.586 bits per heavy atom. The highest BCUT2D eigenvalue weighted by Crippen LogP contribution is 2.17. The van der Waals surface area contributed by atoms with Crippen molar-refractivity contribution in [2.24, 2.45) is 10.2 Å². The zero-order chi connectivity index (χ0) is 20.1. The third-order valence-corrected chi connectivity index (χ3v) is 4.77. The summed E-state index contributed by atoms with van der Waals surface area (Å²) in [5.74, 6) is -0.146. The summed E-state index contributed by atoms with van der Waals surface area (Å²) < 4.78 is 0. The third kappa shape index (κ3) is 4.19. The minimum Gasteiger partial charge on any atom is -0.287 e. The second-order valence-corrected chi connectivity index (χ2v) is 6.76. The third-order valence-electron chi connectivity index (χ3n) is 4.77. The second kappa shape index (κ2) is 8.44. The molecule has 0 saturated heterocycles. The Hall–Kier alpha value is -3.85. The number of nitrogens with zero attached hydrogens (tertiary/aromatic N) is 2. The number of fused-ring (bicyclic) bond motifs is 1. The van der Waals surface area contributed by atoms with Crippen LogP contribution in [0.2, 0.25) is 0 Å². The van der Waals surface area contributed by atoms with Crippen LogP contribution in [0.3, 0.4) is 0 Å². The predicted octanol–water partition coefficient (Wildman–Crippen LogP) is 5.94. The summed E-state index contributed by atoms with van der Waals surface area (Å²) >= 11 is 0. The van der Waals surface area contributed by atoms with E-state index in [4.69, 9.17) is 0 Å². The molecular weight excluding hydrogens is 356 g/mol. The Balaban J connectivity index is 1.74. The lowest BCUT2D eigenvalue weighted by molar-refractivity contribution is 0.106. The summed E-state index contributed by atoms with van der Waals surface area (Å²) in [5, 5.41) is 11.1. The number of rotatable bonds is 5. The van der Waals surface area contributed by atoms with Crippen LogP contribution >= 0.6 is 0 Å². The minimum absolute atomic E-state index is 0.146. The fourth-order valence-electron chi connectivity index (χ4n) is 3.15. The highest BCUT2D eigenvalue weighted by atomic mass is 16.1. The molecule has 0 bridgehead atoms. The molecule has 0 N–H and O–H groups in total. The molecule has 0 unspecified atom stereocenters. The van der Waals surface area contributed by atoms with Gasteiger partial charge in [-0.15, -0.1) is 5.10 Å². The molecule has 0 radical (unpaired) electrons. The van der Waals surface area contributed by atoms with Crippen molar-refractivity contribution >= 4 is 28.0 Å². The number of benzene rings is 4. The monoisotopic (exact) mass is 376 g/mol. The van der Waals surface area contributed by atoms with Gasteiger partial charge in [-0.3, -0.25) is 4.79 Å². The van der Waals surface area contributed by atoms with Crippen LogP contribution in [0, 0.1) is 0 Å². The van der Waals surface area contributed by atoms with Crippen LogP contribution in [0.15, 0.2) is 113 Å². The number of Topliss-reactive ketones (excluding diaryl/α,β-unsaturated/α-hetero) is 1. The van der Waals surface area contributed by atoms with Crippen molar-refractivity contribution in [1.82, 2.24) is 0 Å². The average molecular weight is 376 g/mol. The summed E-state index contributed by atoms with van der Waals surface area (Å²) in [4.78, 5) is 13.1. The predicted molar refractivity (Wildman–Crippen MR) is 120 cm³/mol. The number of ketones is 1. The molecular formula is C26H20N2O. The van der Waals surface area contributed by atoms with E-state index in [-0.39, 0.29) is 5.78 Å². The van der Waals surface area contributed by atoms with Crippen molar-refractivity contribution in [3.63, 3.8) is 0 Å². The Kier molecular flexibility index (Phi) is 5.39. The van der Waals surface area contributed by atoms with Crippen LogP contribution < -0.4 is 0 Å². The van der Waals surface area contributed by atoms with Crippen molar-refractivity contribution in [2.45, 2.75) is 6.92 Å². The molecule has 140 valence electrons. The van der Waals surface area contributed by atoms with Crippen LogP contribution in [-0.2, 0) is 0 Å². The van der Waals surface area contributed by atoms with Crippen molar-refractivity contribution in [3.8, 4) is 0 Å². The van der Waals surface area contributed by atoms with E-state index in [0.717, 1.165) is 22.2 Å². The van der Waals surface area contributed by atoms with E-state index in [1.165, 1.54) is 5.39 Å². The van der Waals surface area contributed by atoms with E-state index in [1.807, 2.05) is 73.7 Å². The zero-order valence-electron chi connectivity index (χ0n) is 16.1. The quantitative estimate of drug-likeness (QED) is 0.242. The van der Waals surface area contributed by atoms with E-state index >= 15 is 0 Å². The SMILES string of the molecule is CC(=NN=C(C(=O)c1ccccc1)c1ccccc1)c1ccc2ccccc2c1. The number of carbonyl (C=O) groups excluding carboxylic acids is 1. The molecule has 0 aliphatic carbocycles. The van der Waals surface area contributed by atoms with Gasteiger partial charge in [-0.2, -0.15) is 5.10 Å². The van der Waals surface area contributed by atoms with Gasteiger partial charge in [-0.05, 0) is 29.3 Å². The molecule has 0 heterocycles. The first-order chi connectivity index (χ1) is 14.2. The largest absolute Gasteiger partial charge is 0.287 e. The van der Waals surface area contributed by atoms with Gasteiger partial charge in [0, 0.05) is 11.1 Å². The van der Waals surface area contributed by atoms with Gasteiger partial charge in [-0.1, -0.05) is 97.1 Å². The molecule has 0 atom stereocenters. The minimum atomic E-state index is -0.146. The molecule has 4 aromatic carbocycles. The molecule has 0 aliphatic heterocycles. The van der Waals surface area contributed by atoms with Gasteiger partial charge in [-0.25, -0.2) is 0 Å². The Labute approximate surface area is 170 Å². The summed E-state index contributed by atoms with van der Waals surface area (Å²) in [7, 11) is 0. The lowest BCUT2D eigenvalue weighted by Crippen LogP contribution is -2.15. The topological polar surface area (TPSA) is 41.8 Å². The number of carbonyl (C=O) groups is 1. The first-order valence-corrected chi connectivity index (χ1v) is 9.49. The molecule has 0 fully saturated rings. The molecule has 0 saturated carbocycles. The van der Waals surface area contributed by atoms with Gasteiger partial charge in [0.25, 0.3) is 0 Å². The van der Waals surface area contributed by atoms with E-state index in [9.17, 15) is 4.79 Å². The molecule has 4 aromatic rings. The number of hydrogen-bond acceptors (Lipinski definition) is 3. The molecule has 4 rings (SSSR count). The normalized spacial score (nSPS) is 12.2. The van der Waals surface area contributed by atoms with Crippen molar-refractivity contribution < 1.29 is 4.79 Å². The maximum Gasteiger partial charge on any atom is 0.213 e. The van der Waals surface area contributed by atoms with Crippen LogP contribution in [-0.4, -0.2) is 17.2 Å². The fraction of sp³-hybridized carbons (Fsp3) is 0.0385. The maximum absolute atomic E-state index is 13.1. The molecule has 29 heavy (non-hydrogen) atoms. The summed E-state index contributed by atoms with van der Waals surface area (Å²) in [6, 6.07) is 33.0. The summed E-state index contributed by atoms with van der Waals surface area (Å²) in [5.41, 5.74) is 3.40. The maximum atomic E-state index is 13.1. The molecule has 0 spiro atoms. The number of hydrogen-bond donors (Lipinski definition) is 0. The van der Waals surface area contributed by atoms with Crippen molar-refractivity contribution in [1.29, 1.82) is 0 Å². The first-order valence-electron chi connectivity index (χ1n) is 9.49. The summed E-state index contributed by atoms with van der Waals surface area (Å²) in [6.07, 6.45) is 0. The van der Waals surface area contributed by atoms with Gasteiger partial charge in [0.15, 0.2) is 0 Å². The van der Waals surface area contributed by atoms with Gasteiger partial charge < -0.3 is 0 Å². The lowest BCUT2D eigenvalue weighted by atomic mass is 10.0. The van der Waals surface area contributed by atoms with Crippen molar-refractivity contribution in [2.75, 3.05) is 0 Å². The van der Waals surface area contributed by atoms with Gasteiger partial charge in [0.2, 0.25) is 5.78 Å². The van der Waals surface area contributed by atoms with Crippen LogP contribution in [0.5, 0.6) is 0 Å². The van der Waals surface area contributed by atoms with Crippen LogP contribution in [0.1, 0.15) is 28.4 Å². The molecule has 0 aliphatic rings. The van der Waals surface area contributed by atoms with Gasteiger partial charge in [0.1, 0.15) is 5.71 Å². The zero-order valence-corrected chi connectivity index (χ0v) is 16.1. The van der Waals surface area contributed by atoms with Crippen LogP contribution in [0.25, 0.3) is 10.8 Å². The highest BCUT2D eigenvalue weighted by Gasteiger charge is 2.16. The molecule has 0 amide bonds.